The number of carbonyl (C=O) groups excluding carboxylic acids is 1. The van der Waals surface area contributed by atoms with E-state index in [1.54, 1.807) is 50.4 Å². The quantitative estimate of drug-likeness (QED) is 0.721. The number of nitrogens with one attached hydrogen (secondary N) is 1. The number of benzene rings is 2. The second-order valence-corrected chi connectivity index (χ2v) is 6.21. The lowest BCUT2D eigenvalue weighted by molar-refractivity contribution is -0.137. The van der Waals surface area contributed by atoms with Gasteiger partial charge in [-0.15, -0.1) is 0 Å². The largest absolute Gasteiger partial charge is 0.416 e. The first-order chi connectivity index (χ1) is 12.8. The Kier molecular flexibility index (Phi) is 5.03. The summed E-state index contributed by atoms with van der Waals surface area (Å²) in [5.41, 5.74) is 1.51. The molecule has 3 rings (SSSR count). The third-order valence-electron chi connectivity index (χ3n) is 4.32. The highest BCUT2D eigenvalue weighted by Crippen LogP contribution is 2.31. The van der Waals surface area contributed by atoms with Crippen molar-refractivity contribution in [1.29, 1.82) is 0 Å². The van der Waals surface area contributed by atoms with Crippen LogP contribution in [-0.2, 0) is 6.18 Å². The SMILES string of the molecule is Cc1c(C(C)NC(=O)c2ccccc2)cnn1-c1cccc(C(F)(F)F)c1. The van der Waals surface area contributed by atoms with Gasteiger partial charge in [-0.2, -0.15) is 18.3 Å². The van der Waals surface area contributed by atoms with Gasteiger partial charge in [0.25, 0.3) is 5.91 Å². The first-order valence-corrected chi connectivity index (χ1v) is 8.35. The van der Waals surface area contributed by atoms with Crippen molar-refractivity contribution in [3.63, 3.8) is 0 Å². The Morgan fingerprint density at radius 1 is 1.11 bits per heavy atom. The third kappa shape index (κ3) is 4.02. The molecule has 7 heteroatoms. The van der Waals surface area contributed by atoms with E-state index in [1.807, 2.05) is 6.07 Å². The molecule has 1 atom stereocenters. The number of halogens is 3. The zero-order chi connectivity index (χ0) is 19.6. The van der Waals surface area contributed by atoms with Gasteiger partial charge in [0, 0.05) is 16.8 Å². The topological polar surface area (TPSA) is 46.9 Å². The number of hydrogen-bond donors (Lipinski definition) is 1. The molecule has 1 unspecified atom stereocenters. The standard InChI is InChI=1S/C20H18F3N3O/c1-13(25-19(27)15-7-4-3-5-8-15)18-12-24-26(14(18)2)17-10-6-9-16(11-17)20(21,22)23/h3-13H,1-2H3,(H,25,27). The van der Waals surface area contributed by atoms with Crippen molar-refractivity contribution in [1.82, 2.24) is 15.1 Å². The Hall–Kier alpha value is -3.09. The van der Waals surface area contributed by atoms with Gasteiger partial charge in [-0.25, -0.2) is 4.68 Å². The van der Waals surface area contributed by atoms with Crippen LogP contribution in [0.4, 0.5) is 13.2 Å². The van der Waals surface area contributed by atoms with Gasteiger partial charge in [0.15, 0.2) is 0 Å². The molecule has 0 spiro atoms. The van der Waals surface area contributed by atoms with Crippen LogP contribution in [0.2, 0.25) is 0 Å². The van der Waals surface area contributed by atoms with Crippen LogP contribution >= 0.6 is 0 Å². The highest BCUT2D eigenvalue weighted by Gasteiger charge is 2.30. The van der Waals surface area contributed by atoms with E-state index in [9.17, 15) is 18.0 Å². The second kappa shape index (κ2) is 7.26. The predicted octanol–water partition coefficient (Wildman–Crippen LogP) is 4.69. The maximum atomic E-state index is 12.9. The van der Waals surface area contributed by atoms with Gasteiger partial charge in [-0.05, 0) is 44.2 Å². The zero-order valence-corrected chi connectivity index (χ0v) is 14.8. The van der Waals surface area contributed by atoms with Gasteiger partial charge in [0.2, 0.25) is 0 Å². The summed E-state index contributed by atoms with van der Waals surface area (Å²) < 4.78 is 40.3. The highest BCUT2D eigenvalue weighted by atomic mass is 19.4. The summed E-state index contributed by atoms with van der Waals surface area (Å²) in [6.45, 7) is 3.56. The fourth-order valence-electron chi connectivity index (χ4n) is 2.87. The molecule has 0 radical (unpaired) electrons. The molecular formula is C20H18F3N3O. The molecule has 0 fully saturated rings. The summed E-state index contributed by atoms with van der Waals surface area (Å²) in [7, 11) is 0. The van der Waals surface area contributed by atoms with Gasteiger partial charge in [-0.1, -0.05) is 24.3 Å². The van der Waals surface area contributed by atoms with E-state index in [1.165, 1.54) is 10.7 Å². The van der Waals surface area contributed by atoms with Crippen LogP contribution < -0.4 is 5.32 Å². The molecule has 1 heterocycles. The minimum Gasteiger partial charge on any atom is -0.345 e. The monoisotopic (exact) mass is 373 g/mol. The van der Waals surface area contributed by atoms with Crippen molar-refractivity contribution < 1.29 is 18.0 Å². The molecule has 140 valence electrons. The van der Waals surface area contributed by atoms with E-state index in [0.717, 1.165) is 17.7 Å². The van der Waals surface area contributed by atoms with Crippen LogP contribution in [-0.4, -0.2) is 15.7 Å². The Labute approximate surface area is 154 Å². The van der Waals surface area contributed by atoms with Crippen LogP contribution in [0.25, 0.3) is 5.69 Å². The lowest BCUT2D eigenvalue weighted by Crippen LogP contribution is -2.26. The molecule has 0 aliphatic heterocycles. The Morgan fingerprint density at radius 2 is 1.81 bits per heavy atom. The summed E-state index contributed by atoms with van der Waals surface area (Å²) in [6, 6.07) is 13.4. The number of amides is 1. The van der Waals surface area contributed by atoms with E-state index >= 15 is 0 Å². The molecule has 0 bridgehead atoms. The fraction of sp³-hybridized carbons (Fsp3) is 0.200. The average Bonchev–Trinajstić information content (AvgIpc) is 3.03. The van der Waals surface area contributed by atoms with E-state index < -0.39 is 11.7 Å². The number of carbonyl (C=O) groups is 1. The van der Waals surface area contributed by atoms with Crippen LogP contribution in [0.5, 0.6) is 0 Å². The van der Waals surface area contributed by atoms with Gasteiger partial charge in [0.05, 0.1) is 23.5 Å². The Bertz CT molecular complexity index is 949. The number of hydrogen-bond acceptors (Lipinski definition) is 2. The Morgan fingerprint density at radius 3 is 2.48 bits per heavy atom. The average molecular weight is 373 g/mol. The molecule has 4 nitrogen and oxygen atoms in total. The van der Waals surface area contributed by atoms with Gasteiger partial charge >= 0.3 is 6.18 Å². The minimum absolute atomic E-state index is 0.227. The van der Waals surface area contributed by atoms with Gasteiger partial charge in [-0.3, -0.25) is 4.79 Å². The predicted molar refractivity (Wildman–Crippen MR) is 95.6 cm³/mol. The lowest BCUT2D eigenvalue weighted by Gasteiger charge is -2.15. The van der Waals surface area contributed by atoms with Crippen LogP contribution in [0, 0.1) is 6.92 Å². The summed E-state index contributed by atoms with van der Waals surface area (Å²) >= 11 is 0. The van der Waals surface area contributed by atoms with Crippen molar-refractivity contribution in [2.45, 2.75) is 26.1 Å². The lowest BCUT2D eigenvalue weighted by atomic mass is 10.1. The highest BCUT2D eigenvalue weighted by molar-refractivity contribution is 5.94. The van der Waals surface area contributed by atoms with E-state index in [0.29, 0.717) is 16.9 Å². The van der Waals surface area contributed by atoms with Crippen molar-refractivity contribution in [2.75, 3.05) is 0 Å². The second-order valence-electron chi connectivity index (χ2n) is 6.21. The molecule has 0 saturated carbocycles. The fourth-order valence-corrected chi connectivity index (χ4v) is 2.87. The maximum Gasteiger partial charge on any atom is 0.416 e. The number of aromatic nitrogens is 2. The summed E-state index contributed by atoms with van der Waals surface area (Å²) in [5.74, 6) is -0.227. The van der Waals surface area contributed by atoms with Crippen molar-refractivity contribution in [2.24, 2.45) is 0 Å². The van der Waals surface area contributed by atoms with Gasteiger partial charge in [0.1, 0.15) is 0 Å². The molecule has 2 aromatic carbocycles. The maximum absolute atomic E-state index is 12.9. The van der Waals surface area contributed by atoms with Crippen LogP contribution in [0.3, 0.4) is 0 Å². The summed E-state index contributed by atoms with van der Waals surface area (Å²) in [4.78, 5) is 12.3. The van der Waals surface area contributed by atoms with Crippen LogP contribution in [0.15, 0.2) is 60.8 Å². The molecule has 0 aliphatic carbocycles. The molecular weight excluding hydrogens is 355 g/mol. The molecule has 27 heavy (non-hydrogen) atoms. The molecule has 1 amide bonds. The smallest absolute Gasteiger partial charge is 0.345 e. The number of rotatable bonds is 4. The molecule has 0 saturated heterocycles. The zero-order valence-electron chi connectivity index (χ0n) is 14.8. The molecule has 1 aromatic heterocycles. The van der Waals surface area contributed by atoms with Crippen LogP contribution in [0.1, 0.15) is 40.1 Å². The number of nitrogens with zero attached hydrogens (tertiary/aromatic N) is 2. The van der Waals surface area contributed by atoms with E-state index in [-0.39, 0.29) is 11.9 Å². The number of alkyl halides is 3. The van der Waals surface area contributed by atoms with Gasteiger partial charge < -0.3 is 5.32 Å². The molecule has 3 aromatic rings. The first-order valence-electron chi connectivity index (χ1n) is 8.35. The van der Waals surface area contributed by atoms with E-state index in [2.05, 4.69) is 10.4 Å². The molecule has 1 N–H and O–H groups in total. The summed E-state index contributed by atoms with van der Waals surface area (Å²) in [6.07, 6.45) is -2.86. The first kappa shape index (κ1) is 18.7. The van der Waals surface area contributed by atoms with Crippen molar-refractivity contribution >= 4 is 5.91 Å². The van der Waals surface area contributed by atoms with E-state index in [4.69, 9.17) is 0 Å². The van der Waals surface area contributed by atoms with Crippen molar-refractivity contribution in [3.05, 3.63) is 83.2 Å². The molecule has 0 aliphatic rings. The minimum atomic E-state index is -4.42. The van der Waals surface area contributed by atoms with Crippen molar-refractivity contribution in [3.8, 4) is 5.69 Å². The third-order valence-corrected chi connectivity index (χ3v) is 4.32. The normalized spacial score (nSPS) is 12.6. The Balaban J connectivity index is 1.84. The summed E-state index contributed by atoms with van der Waals surface area (Å²) in [5, 5.41) is 7.09.